The molecule has 1 aromatic carbocycles. The molecule has 0 bridgehead atoms. The van der Waals surface area contributed by atoms with Gasteiger partial charge >= 0.3 is 0 Å². The maximum atomic E-state index is 11.8. The Balaban J connectivity index is 1.90. The molecule has 0 saturated carbocycles. The van der Waals surface area contributed by atoms with Gasteiger partial charge in [0.15, 0.2) is 5.11 Å². The Morgan fingerprint density at radius 2 is 2.22 bits per heavy atom. The normalized spacial score (nSPS) is 10.7. The molecule has 120 valence electrons. The zero-order valence-electron chi connectivity index (χ0n) is 12.0. The van der Waals surface area contributed by atoms with Crippen LogP contribution in [0, 0.1) is 0 Å². The van der Waals surface area contributed by atoms with Crippen LogP contribution in [0.25, 0.3) is 6.08 Å². The second kappa shape index (κ2) is 8.00. The monoisotopic (exact) mass is 370 g/mol. The van der Waals surface area contributed by atoms with Crippen molar-refractivity contribution in [1.82, 2.24) is 25.5 Å². The average molecular weight is 371 g/mol. The lowest BCUT2D eigenvalue weighted by molar-refractivity contribution is -0.115. The van der Waals surface area contributed by atoms with Crippen LogP contribution in [0.5, 0.6) is 0 Å². The van der Waals surface area contributed by atoms with Crippen LogP contribution in [-0.4, -0.2) is 31.2 Å². The summed E-state index contributed by atoms with van der Waals surface area (Å²) in [6, 6.07) is 4.98. The molecule has 0 aliphatic carbocycles. The molecule has 2 rings (SSSR count). The van der Waals surface area contributed by atoms with Gasteiger partial charge in [0.25, 0.3) is 5.95 Å². The highest BCUT2D eigenvalue weighted by Crippen LogP contribution is 2.21. The van der Waals surface area contributed by atoms with Crippen molar-refractivity contribution < 1.29 is 4.79 Å². The number of nitrogens with one attached hydrogen (secondary N) is 2. The molecular formula is C13H12Cl2N6OS. The highest BCUT2D eigenvalue weighted by molar-refractivity contribution is 7.80. The summed E-state index contributed by atoms with van der Waals surface area (Å²) in [6.45, 7) is 2.45. The van der Waals surface area contributed by atoms with Crippen molar-refractivity contribution >= 4 is 58.5 Å². The number of hydrogen-bond acceptors (Lipinski definition) is 5. The number of rotatable bonds is 4. The SMILES string of the molecule is CCn1nnc(NC(=S)NC(=O)/C=C/c2ccc(Cl)cc2Cl)n1. The Bertz CT molecular complexity index is 761. The van der Waals surface area contributed by atoms with Gasteiger partial charge in [-0.15, -0.1) is 5.10 Å². The standard InChI is InChI=1S/C13H12Cl2N6OS/c1-2-21-19-12(18-20-21)17-13(23)16-11(22)6-4-8-3-5-9(14)7-10(8)15/h3-7H,2H2,1H3,(H2,16,17,19,22,23)/b6-4+. The van der Waals surface area contributed by atoms with Crippen LogP contribution in [0.15, 0.2) is 24.3 Å². The first kappa shape index (κ1) is 17.3. The van der Waals surface area contributed by atoms with Crippen LogP contribution in [0.3, 0.4) is 0 Å². The van der Waals surface area contributed by atoms with E-state index in [1.165, 1.54) is 10.9 Å². The maximum absolute atomic E-state index is 11.8. The van der Waals surface area contributed by atoms with E-state index in [1.54, 1.807) is 24.3 Å². The number of tetrazole rings is 1. The fourth-order valence-corrected chi connectivity index (χ4v) is 2.18. The van der Waals surface area contributed by atoms with Gasteiger partial charge in [0.05, 0.1) is 6.54 Å². The minimum absolute atomic E-state index is 0.0671. The van der Waals surface area contributed by atoms with Crippen molar-refractivity contribution in [3.63, 3.8) is 0 Å². The molecule has 0 radical (unpaired) electrons. The van der Waals surface area contributed by atoms with Crippen molar-refractivity contribution in [2.45, 2.75) is 13.5 Å². The number of hydrogen-bond donors (Lipinski definition) is 2. The summed E-state index contributed by atoms with van der Waals surface area (Å²) in [4.78, 5) is 13.2. The molecule has 0 fully saturated rings. The summed E-state index contributed by atoms with van der Waals surface area (Å²) in [5, 5.41) is 17.6. The molecule has 0 saturated heterocycles. The maximum Gasteiger partial charge on any atom is 0.269 e. The van der Waals surface area contributed by atoms with Gasteiger partial charge in [0.2, 0.25) is 5.91 Å². The average Bonchev–Trinajstić information content (AvgIpc) is 2.93. The lowest BCUT2D eigenvalue weighted by Crippen LogP contribution is -2.33. The number of aryl methyl sites for hydroxylation is 1. The molecule has 0 atom stereocenters. The number of amides is 1. The Morgan fingerprint density at radius 3 is 2.87 bits per heavy atom. The number of aromatic nitrogens is 4. The summed E-state index contributed by atoms with van der Waals surface area (Å²) in [5.41, 5.74) is 0.664. The van der Waals surface area contributed by atoms with E-state index in [4.69, 9.17) is 35.4 Å². The third-order valence-corrected chi connectivity index (χ3v) is 3.34. The molecule has 0 unspecified atom stereocenters. The van der Waals surface area contributed by atoms with Gasteiger partial charge in [-0.05, 0) is 48.1 Å². The molecule has 0 spiro atoms. The topological polar surface area (TPSA) is 84.7 Å². The van der Waals surface area contributed by atoms with Gasteiger partial charge in [-0.2, -0.15) is 4.80 Å². The van der Waals surface area contributed by atoms with Crippen LogP contribution in [0.1, 0.15) is 12.5 Å². The van der Waals surface area contributed by atoms with Gasteiger partial charge in [0, 0.05) is 16.1 Å². The van der Waals surface area contributed by atoms with Gasteiger partial charge in [0.1, 0.15) is 0 Å². The van der Waals surface area contributed by atoms with Crippen LogP contribution in [-0.2, 0) is 11.3 Å². The number of carbonyl (C=O) groups is 1. The van der Waals surface area contributed by atoms with E-state index in [1.807, 2.05) is 6.92 Å². The first-order valence-electron chi connectivity index (χ1n) is 6.51. The molecule has 0 aliphatic rings. The number of nitrogens with zero attached hydrogens (tertiary/aromatic N) is 4. The van der Waals surface area contributed by atoms with Crippen molar-refractivity contribution in [1.29, 1.82) is 0 Å². The zero-order valence-corrected chi connectivity index (χ0v) is 14.3. The third kappa shape index (κ3) is 5.27. The summed E-state index contributed by atoms with van der Waals surface area (Å²) < 4.78 is 0. The molecular weight excluding hydrogens is 359 g/mol. The quantitative estimate of drug-likeness (QED) is 0.635. The van der Waals surface area contributed by atoms with Crippen molar-refractivity contribution in [2.24, 2.45) is 0 Å². The van der Waals surface area contributed by atoms with Crippen molar-refractivity contribution in [3.05, 3.63) is 39.9 Å². The predicted octanol–water partition coefficient (Wildman–Crippen LogP) is 2.53. The Labute approximate surface area is 147 Å². The van der Waals surface area contributed by atoms with E-state index >= 15 is 0 Å². The van der Waals surface area contributed by atoms with Crippen LogP contribution >= 0.6 is 35.4 Å². The number of thiocarbonyl (C=S) groups is 1. The predicted molar refractivity (Wildman–Crippen MR) is 93.4 cm³/mol. The van der Waals surface area contributed by atoms with Gasteiger partial charge in [-0.1, -0.05) is 34.4 Å². The van der Waals surface area contributed by atoms with E-state index in [9.17, 15) is 4.79 Å². The number of anilines is 1. The summed E-state index contributed by atoms with van der Waals surface area (Å²) in [6.07, 6.45) is 2.86. The number of benzene rings is 1. The molecule has 1 aromatic heterocycles. The van der Waals surface area contributed by atoms with Crippen LogP contribution in [0.4, 0.5) is 5.95 Å². The number of carbonyl (C=O) groups excluding carboxylic acids is 1. The fourth-order valence-electron chi connectivity index (χ4n) is 1.52. The second-order valence-electron chi connectivity index (χ2n) is 4.24. The fraction of sp³-hybridized carbons (Fsp3) is 0.154. The van der Waals surface area contributed by atoms with Crippen LogP contribution < -0.4 is 10.6 Å². The number of halogens is 2. The van der Waals surface area contributed by atoms with Crippen LogP contribution in [0.2, 0.25) is 10.0 Å². The van der Waals surface area contributed by atoms with E-state index in [0.29, 0.717) is 22.2 Å². The van der Waals surface area contributed by atoms with E-state index in [0.717, 1.165) is 0 Å². The van der Waals surface area contributed by atoms with E-state index < -0.39 is 5.91 Å². The molecule has 1 amide bonds. The molecule has 2 N–H and O–H groups in total. The molecule has 10 heteroatoms. The van der Waals surface area contributed by atoms with Gasteiger partial charge in [-0.25, -0.2) is 0 Å². The lowest BCUT2D eigenvalue weighted by Gasteiger charge is -2.03. The van der Waals surface area contributed by atoms with Crippen molar-refractivity contribution in [2.75, 3.05) is 5.32 Å². The molecule has 1 heterocycles. The highest BCUT2D eigenvalue weighted by Gasteiger charge is 2.06. The molecule has 7 nitrogen and oxygen atoms in total. The minimum Gasteiger partial charge on any atom is -0.299 e. The van der Waals surface area contributed by atoms with E-state index in [-0.39, 0.29) is 11.1 Å². The Morgan fingerprint density at radius 1 is 1.43 bits per heavy atom. The van der Waals surface area contributed by atoms with Gasteiger partial charge in [-0.3, -0.25) is 15.4 Å². The summed E-state index contributed by atoms with van der Waals surface area (Å²) >= 11 is 16.8. The zero-order chi connectivity index (χ0) is 16.8. The second-order valence-corrected chi connectivity index (χ2v) is 5.50. The Kier molecular flexibility index (Phi) is 6.03. The first-order chi connectivity index (χ1) is 11.0. The first-order valence-corrected chi connectivity index (χ1v) is 7.67. The molecule has 0 aliphatic heterocycles. The highest BCUT2D eigenvalue weighted by atomic mass is 35.5. The minimum atomic E-state index is -0.420. The summed E-state index contributed by atoms with van der Waals surface area (Å²) in [5.74, 6) is -0.210. The Hall–Kier alpha value is -2.03. The van der Waals surface area contributed by atoms with E-state index in [2.05, 4.69) is 26.0 Å². The largest absolute Gasteiger partial charge is 0.299 e. The molecule has 23 heavy (non-hydrogen) atoms. The smallest absolute Gasteiger partial charge is 0.269 e. The van der Waals surface area contributed by atoms with Crippen molar-refractivity contribution in [3.8, 4) is 0 Å². The lowest BCUT2D eigenvalue weighted by atomic mass is 10.2. The summed E-state index contributed by atoms with van der Waals surface area (Å²) in [7, 11) is 0. The molecule has 2 aromatic rings. The third-order valence-electron chi connectivity index (χ3n) is 2.57. The van der Waals surface area contributed by atoms with Gasteiger partial charge < -0.3 is 0 Å².